The van der Waals surface area contributed by atoms with Crippen molar-refractivity contribution >= 4 is 48.2 Å². The number of thiazole rings is 1. The molecule has 0 radical (unpaired) electrons. The molecule has 0 aliphatic carbocycles. The second kappa shape index (κ2) is 7.85. The fourth-order valence-electron chi connectivity index (χ4n) is 5.14. The average molecular weight is 494 g/mol. The van der Waals surface area contributed by atoms with Gasteiger partial charge in [-0.2, -0.15) is 9.97 Å². The molecule has 0 atom stereocenters. The second-order valence-corrected chi connectivity index (χ2v) is 10.0. The standard InChI is InChI=1S/C31H19N5S/c1-3-11-20(12-4-1)28-32-29(21-13-5-2-6-14-21)34-31(33-28)36-24-16-8-7-15-22(24)23-19-35-25-17-9-10-18-26(25)37-30(35)27(23)36/h1-19H. The fraction of sp³-hybridized carbons (Fsp3) is 0. The van der Waals surface area contributed by atoms with Gasteiger partial charge in [0.1, 0.15) is 4.83 Å². The summed E-state index contributed by atoms with van der Waals surface area (Å²) in [6.45, 7) is 0. The molecule has 0 saturated carbocycles. The van der Waals surface area contributed by atoms with Crippen LogP contribution in [0.25, 0.3) is 65.6 Å². The first-order valence-corrected chi connectivity index (χ1v) is 13.0. The topological polar surface area (TPSA) is 48.0 Å². The highest BCUT2D eigenvalue weighted by Crippen LogP contribution is 2.40. The van der Waals surface area contributed by atoms with E-state index >= 15 is 0 Å². The molecule has 8 aromatic rings. The third-order valence-corrected chi connectivity index (χ3v) is 7.96. The van der Waals surface area contributed by atoms with Crippen LogP contribution in [-0.2, 0) is 0 Å². The van der Waals surface area contributed by atoms with Crippen LogP contribution in [0, 0.1) is 0 Å². The number of nitrogens with zero attached hydrogens (tertiary/aromatic N) is 5. The second-order valence-electron chi connectivity index (χ2n) is 9.00. The van der Waals surface area contributed by atoms with Crippen LogP contribution in [0.15, 0.2) is 115 Å². The van der Waals surface area contributed by atoms with Crippen LogP contribution >= 0.6 is 11.3 Å². The quantitative estimate of drug-likeness (QED) is 0.253. The molecule has 0 amide bonds. The zero-order chi connectivity index (χ0) is 24.3. The van der Waals surface area contributed by atoms with Gasteiger partial charge in [-0.25, -0.2) is 4.98 Å². The lowest BCUT2D eigenvalue weighted by Gasteiger charge is -2.10. The van der Waals surface area contributed by atoms with Crippen LogP contribution in [0.1, 0.15) is 0 Å². The van der Waals surface area contributed by atoms with Gasteiger partial charge >= 0.3 is 0 Å². The number of fused-ring (bicyclic) bond motifs is 7. The Kier molecular flexibility index (Phi) is 4.32. The number of benzene rings is 4. The van der Waals surface area contributed by atoms with E-state index in [9.17, 15) is 0 Å². The molecule has 0 unspecified atom stereocenters. The molecule has 6 heteroatoms. The van der Waals surface area contributed by atoms with Crippen LogP contribution in [0.2, 0.25) is 0 Å². The molecule has 0 aliphatic rings. The molecule has 4 heterocycles. The Morgan fingerprint density at radius 3 is 1.84 bits per heavy atom. The van der Waals surface area contributed by atoms with Crippen molar-refractivity contribution in [2.45, 2.75) is 0 Å². The monoisotopic (exact) mass is 493 g/mol. The van der Waals surface area contributed by atoms with Crippen LogP contribution in [0.4, 0.5) is 0 Å². The van der Waals surface area contributed by atoms with Crippen LogP contribution in [-0.4, -0.2) is 23.9 Å². The SMILES string of the molecule is c1ccc(-c2nc(-c3ccccc3)nc(-n3c4ccccc4c4cn5c6ccccc6sc5c43)n2)cc1. The predicted molar refractivity (Wildman–Crippen MR) is 151 cm³/mol. The highest BCUT2D eigenvalue weighted by molar-refractivity contribution is 7.24. The van der Waals surface area contributed by atoms with Crippen molar-refractivity contribution in [3.8, 4) is 28.7 Å². The van der Waals surface area contributed by atoms with Crippen LogP contribution < -0.4 is 0 Å². The summed E-state index contributed by atoms with van der Waals surface area (Å²) < 4.78 is 5.75. The lowest BCUT2D eigenvalue weighted by atomic mass is 10.2. The summed E-state index contributed by atoms with van der Waals surface area (Å²) in [4.78, 5) is 16.2. The summed E-state index contributed by atoms with van der Waals surface area (Å²) in [5, 5.41) is 2.37. The van der Waals surface area contributed by atoms with E-state index in [2.05, 4.69) is 63.7 Å². The molecule has 0 fully saturated rings. The lowest BCUT2D eigenvalue weighted by molar-refractivity contribution is 0.955. The Bertz CT molecular complexity index is 2030. The van der Waals surface area contributed by atoms with Crippen molar-refractivity contribution in [3.05, 3.63) is 115 Å². The minimum atomic E-state index is 0.615. The molecular formula is C31H19N5S. The highest BCUT2D eigenvalue weighted by Gasteiger charge is 2.22. The van der Waals surface area contributed by atoms with Gasteiger partial charge in [-0.15, -0.1) is 11.3 Å². The van der Waals surface area contributed by atoms with Gasteiger partial charge in [0.05, 0.1) is 21.3 Å². The van der Waals surface area contributed by atoms with Crippen molar-refractivity contribution in [2.75, 3.05) is 0 Å². The minimum absolute atomic E-state index is 0.615. The van der Waals surface area contributed by atoms with Crippen molar-refractivity contribution < 1.29 is 0 Å². The van der Waals surface area contributed by atoms with E-state index in [1.54, 1.807) is 11.3 Å². The van der Waals surface area contributed by atoms with Gasteiger partial charge in [0.2, 0.25) is 5.95 Å². The molecule has 5 nitrogen and oxygen atoms in total. The molecular weight excluding hydrogens is 474 g/mol. The Hall–Kier alpha value is -4.81. The first-order valence-electron chi connectivity index (χ1n) is 12.1. The largest absolute Gasteiger partial charge is 0.305 e. The number of hydrogen-bond acceptors (Lipinski definition) is 4. The summed E-state index contributed by atoms with van der Waals surface area (Å²) >= 11 is 1.79. The summed E-state index contributed by atoms with van der Waals surface area (Å²) in [5.41, 5.74) is 5.32. The maximum absolute atomic E-state index is 5.05. The number of para-hydroxylation sites is 2. The lowest BCUT2D eigenvalue weighted by Crippen LogP contribution is -2.06. The summed E-state index contributed by atoms with van der Waals surface area (Å²) in [6, 6.07) is 37.3. The van der Waals surface area contributed by atoms with E-state index in [0.29, 0.717) is 17.6 Å². The van der Waals surface area contributed by atoms with Crippen LogP contribution in [0.3, 0.4) is 0 Å². The zero-order valence-electron chi connectivity index (χ0n) is 19.6. The molecule has 0 bridgehead atoms. The zero-order valence-corrected chi connectivity index (χ0v) is 20.4. The Morgan fingerprint density at radius 1 is 0.541 bits per heavy atom. The van der Waals surface area contributed by atoms with Gasteiger partial charge < -0.3 is 4.40 Å². The molecule has 4 aromatic heterocycles. The van der Waals surface area contributed by atoms with E-state index < -0.39 is 0 Å². The highest BCUT2D eigenvalue weighted by atomic mass is 32.1. The van der Waals surface area contributed by atoms with Crippen LogP contribution in [0.5, 0.6) is 0 Å². The first kappa shape index (κ1) is 20.4. The van der Waals surface area contributed by atoms with E-state index in [-0.39, 0.29) is 0 Å². The summed E-state index contributed by atoms with van der Waals surface area (Å²) in [7, 11) is 0. The van der Waals surface area contributed by atoms with Crippen molar-refractivity contribution in [1.82, 2.24) is 23.9 Å². The maximum Gasteiger partial charge on any atom is 0.238 e. The van der Waals surface area contributed by atoms with E-state index in [1.807, 2.05) is 60.7 Å². The third kappa shape index (κ3) is 3.06. The molecule has 37 heavy (non-hydrogen) atoms. The minimum Gasteiger partial charge on any atom is -0.305 e. The van der Waals surface area contributed by atoms with Crippen molar-refractivity contribution in [1.29, 1.82) is 0 Å². The number of hydrogen-bond donors (Lipinski definition) is 0. The van der Waals surface area contributed by atoms with Crippen molar-refractivity contribution in [3.63, 3.8) is 0 Å². The predicted octanol–water partition coefficient (Wildman–Crippen LogP) is 7.77. The molecule has 0 aliphatic heterocycles. The first-order chi connectivity index (χ1) is 18.3. The van der Waals surface area contributed by atoms with Gasteiger partial charge in [0, 0.05) is 28.1 Å². The summed E-state index contributed by atoms with van der Waals surface area (Å²) in [6.07, 6.45) is 2.25. The molecule has 0 spiro atoms. The van der Waals surface area contributed by atoms with Gasteiger partial charge in [-0.1, -0.05) is 91.0 Å². The van der Waals surface area contributed by atoms with Gasteiger partial charge in [0.25, 0.3) is 0 Å². The molecule has 4 aromatic carbocycles. The smallest absolute Gasteiger partial charge is 0.238 e. The average Bonchev–Trinajstić information content (AvgIpc) is 3.61. The Labute approximate surface area is 215 Å². The molecule has 8 rings (SSSR count). The van der Waals surface area contributed by atoms with E-state index in [1.165, 1.54) is 25.8 Å². The van der Waals surface area contributed by atoms with E-state index in [4.69, 9.17) is 15.0 Å². The van der Waals surface area contributed by atoms with Gasteiger partial charge in [-0.3, -0.25) is 4.57 Å². The van der Waals surface area contributed by atoms with Crippen molar-refractivity contribution in [2.24, 2.45) is 0 Å². The maximum atomic E-state index is 5.05. The fourth-order valence-corrected chi connectivity index (χ4v) is 6.31. The van der Waals surface area contributed by atoms with Gasteiger partial charge in [0.15, 0.2) is 11.6 Å². The molecule has 174 valence electrons. The summed E-state index contributed by atoms with van der Waals surface area (Å²) in [5.74, 6) is 1.92. The Morgan fingerprint density at radius 2 is 1.14 bits per heavy atom. The normalized spacial score (nSPS) is 11.8. The molecule has 0 N–H and O–H groups in total. The third-order valence-electron chi connectivity index (χ3n) is 6.81. The number of aromatic nitrogens is 5. The Balaban J connectivity index is 1.51. The number of rotatable bonds is 3. The van der Waals surface area contributed by atoms with E-state index in [0.717, 1.165) is 22.2 Å². The van der Waals surface area contributed by atoms with Gasteiger partial charge in [-0.05, 0) is 18.2 Å². The molecule has 0 saturated heterocycles.